The van der Waals surface area contributed by atoms with Crippen LogP contribution in [0.15, 0.2) is 18.2 Å². The van der Waals surface area contributed by atoms with Crippen LogP contribution in [0.3, 0.4) is 0 Å². The van der Waals surface area contributed by atoms with Crippen molar-refractivity contribution in [3.05, 3.63) is 35.1 Å². The van der Waals surface area contributed by atoms with E-state index in [1.54, 1.807) is 6.07 Å². The number of nitrogens with zero attached hydrogens (tertiary/aromatic N) is 1. The molecule has 0 saturated heterocycles. The summed E-state index contributed by atoms with van der Waals surface area (Å²) in [6.07, 6.45) is -0.391. The standard InChI is InChI=1S/C10H10FNO2/c11-9-3-1-2-7-4-5-12(10(13)14)6-8(7)9/h1-3H,4-6H2,(H,13,14). The van der Waals surface area contributed by atoms with Gasteiger partial charge in [0.1, 0.15) is 5.82 Å². The maximum atomic E-state index is 13.3. The van der Waals surface area contributed by atoms with Gasteiger partial charge in [-0.25, -0.2) is 9.18 Å². The van der Waals surface area contributed by atoms with Crippen molar-refractivity contribution < 1.29 is 14.3 Å². The van der Waals surface area contributed by atoms with Crippen LogP contribution in [0.25, 0.3) is 0 Å². The van der Waals surface area contributed by atoms with Crippen molar-refractivity contribution in [2.75, 3.05) is 6.54 Å². The van der Waals surface area contributed by atoms with Gasteiger partial charge in [-0.1, -0.05) is 12.1 Å². The molecule has 0 radical (unpaired) electrons. The molecule has 0 atom stereocenters. The number of carboxylic acid groups (broad SMARTS) is 1. The molecule has 2 rings (SSSR count). The van der Waals surface area contributed by atoms with Crippen LogP contribution in [-0.4, -0.2) is 22.6 Å². The van der Waals surface area contributed by atoms with E-state index in [0.717, 1.165) is 5.56 Å². The van der Waals surface area contributed by atoms with E-state index in [1.165, 1.54) is 11.0 Å². The molecule has 1 heterocycles. The minimum Gasteiger partial charge on any atom is -0.465 e. The van der Waals surface area contributed by atoms with E-state index in [2.05, 4.69) is 0 Å². The average Bonchev–Trinajstić information content (AvgIpc) is 2.18. The number of hydrogen-bond donors (Lipinski definition) is 1. The van der Waals surface area contributed by atoms with Crippen molar-refractivity contribution in [1.29, 1.82) is 0 Å². The van der Waals surface area contributed by atoms with Gasteiger partial charge in [-0.3, -0.25) is 0 Å². The normalized spacial score (nSPS) is 15.1. The van der Waals surface area contributed by atoms with Crippen molar-refractivity contribution in [1.82, 2.24) is 4.90 Å². The van der Waals surface area contributed by atoms with Crippen molar-refractivity contribution in [2.45, 2.75) is 13.0 Å². The first kappa shape index (κ1) is 8.99. The summed E-state index contributed by atoms with van der Waals surface area (Å²) in [4.78, 5) is 11.9. The van der Waals surface area contributed by atoms with Gasteiger partial charge in [-0.15, -0.1) is 0 Å². The van der Waals surface area contributed by atoms with Gasteiger partial charge in [-0.2, -0.15) is 0 Å². The highest BCUT2D eigenvalue weighted by Crippen LogP contribution is 2.21. The van der Waals surface area contributed by atoms with Crippen LogP contribution in [0.2, 0.25) is 0 Å². The zero-order chi connectivity index (χ0) is 10.1. The van der Waals surface area contributed by atoms with Crippen LogP contribution >= 0.6 is 0 Å². The van der Waals surface area contributed by atoms with Crippen molar-refractivity contribution in [3.8, 4) is 0 Å². The molecule has 1 amide bonds. The molecule has 0 aliphatic carbocycles. The number of halogens is 1. The smallest absolute Gasteiger partial charge is 0.407 e. The SMILES string of the molecule is O=C(O)N1CCc2cccc(F)c2C1. The van der Waals surface area contributed by atoms with Crippen molar-refractivity contribution in [3.63, 3.8) is 0 Å². The third kappa shape index (κ3) is 1.43. The van der Waals surface area contributed by atoms with Gasteiger partial charge in [-0.05, 0) is 18.1 Å². The molecule has 74 valence electrons. The highest BCUT2D eigenvalue weighted by Gasteiger charge is 2.21. The molecule has 0 saturated carbocycles. The van der Waals surface area contributed by atoms with E-state index in [0.29, 0.717) is 18.5 Å². The Hall–Kier alpha value is -1.58. The van der Waals surface area contributed by atoms with E-state index in [4.69, 9.17) is 5.11 Å². The van der Waals surface area contributed by atoms with Crippen molar-refractivity contribution in [2.24, 2.45) is 0 Å². The van der Waals surface area contributed by atoms with Crippen LogP contribution in [0.4, 0.5) is 9.18 Å². The third-order valence-corrected chi connectivity index (χ3v) is 2.49. The summed E-state index contributed by atoms with van der Waals surface area (Å²) >= 11 is 0. The summed E-state index contributed by atoms with van der Waals surface area (Å²) in [6.45, 7) is 0.614. The second-order valence-electron chi connectivity index (χ2n) is 3.33. The van der Waals surface area contributed by atoms with Gasteiger partial charge < -0.3 is 10.0 Å². The predicted molar refractivity (Wildman–Crippen MR) is 48.5 cm³/mol. The Bertz CT molecular complexity index is 378. The highest BCUT2D eigenvalue weighted by molar-refractivity contribution is 5.65. The minimum atomic E-state index is -0.987. The van der Waals surface area contributed by atoms with Crippen LogP contribution in [0.5, 0.6) is 0 Å². The van der Waals surface area contributed by atoms with E-state index >= 15 is 0 Å². The van der Waals surface area contributed by atoms with E-state index in [9.17, 15) is 9.18 Å². The van der Waals surface area contributed by atoms with E-state index in [1.807, 2.05) is 6.07 Å². The fourth-order valence-electron chi connectivity index (χ4n) is 1.70. The molecular formula is C10H10FNO2. The molecular weight excluding hydrogens is 185 g/mol. The molecule has 14 heavy (non-hydrogen) atoms. The van der Waals surface area contributed by atoms with Crippen LogP contribution in [0, 0.1) is 5.82 Å². The Balaban J connectivity index is 2.33. The molecule has 1 N–H and O–H groups in total. The number of carbonyl (C=O) groups is 1. The molecule has 0 fully saturated rings. The number of hydrogen-bond acceptors (Lipinski definition) is 1. The topological polar surface area (TPSA) is 40.5 Å². The van der Waals surface area contributed by atoms with Crippen LogP contribution in [-0.2, 0) is 13.0 Å². The van der Waals surface area contributed by atoms with Gasteiger partial charge >= 0.3 is 6.09 Å². The van der Waals surface area contributed by atoms with Crippen LogP contribution < -0.4 is 0 Å². The van der Waals surface area contributed by atoms with E-state index < -0.39 is 6.09 Å². The third-order valence-electron chi connectivity index (χ3n) is 2.49. The molecule has 1 aromatic rings. The Labute approximate surface area is 80.8 Å². The Kier molecular flexibility index (Phi) is 2.11. The molecule has 0 aromatic heterocycles. The van der Waals surface area contributed by atoms with Gasteiger partial charge in [0.25, 0.3) is 0 Å². The quantitative estimate of drug-likeness (QED) is 0.686. The number of benzene rings is 1. The Morgan fingerprint density at radius 1 is 1.50 bits per heavy atom. The monoisotopic (exact) mass is 195 g/mol. The lowest BCUT2D eigenvalue weighted by atomic mass is 10.00. The summed E-state index contributed by atoms with van der Waals surface area (Å²) in [5, 5.41) is 8.76. The first-order valence-corrected chi connectivity index (χ1v) is 4.42. The molecule has 3 nitrogen and oxygen atoms in total. The van der Waals surface area contributed by atoms with E-state index in [-0.39, 0.29) is 12.4 Å². The second-order valence-corrected chi connectivity index (χ2v) is 3.33. The molecule has 0 unspecified atom stereocenters. The fraction of sp³-hybridized carbons (Fsp3) is 0.300. The largest absolute Gasteiger partial charge is 0.465 e. The van der Waals surface area contributed by atoms with Gasteiger partial charge in [0.15, 0.2) is 0 Å². The maximum Gasteiger partial charge on any atom is 0.407 e. The highest BCUT2D eigenvalue weighted by atomic mass is 19.1. The first-order valence-electron chi connectivity index (χ1n) is 4.42. The zero-order valence-corrected chi connectivity index (χ0v) is 7.53. The number of fused-ring (bicyclic) bond motifs is 1. The first-order chi connectivity index (χ1) is 6.68. The summed E-state index contributed by atoms with van der Waals surface area (Å²) in [6, 6.07) is 4.87. The van der Waals surface area contributed by atoms with Crippen LogP contribution in [0.1, 0.15) is 11.1 Å². The van der Waals surface area contributed by atoms with Gasteiger partial charge in [0, 0.05) is 12.1 Å². The summed E-state index contributed by atoms with van der Waals surface area (Å²) in [7, 11) is 0. The Morgan fingerprint density at radius 3 is 3.00 bits per heavy atom. The lowest BCUT2D eigenvalue weighted by Crippen LogP contribution is -2.35. The predicted octanol–water partition coefficient (Wildman–Crippen LogP) is 1.86. The number of rotatable bonds is 0. The minimum absolute atomic E-state index is 0.164. The second kappa shape index (κ2) is 3.29. The fourth-order valence-corrected chi connectivity index (χ4v) is 1.70. The summed E-state index contributed by atoms with van der Waals surface area (Å²) < 4.78 is 13.3. The van der Waals surface area contributed by atoms with Gasteiger partial charge in [0.2, 0.25) is 0 Å². The molecule has 0 spiro atoms. The summed E-state index contributed by atoms with van der Waals surface area (Å²) in [5.74, 6) is -0.312. The Morgan fingerprint density at radius 2 is 2.29 bits per heavy atom. The average molecular weight is 195 g/mol. The number of amides is 1. The van der Waals surface area contributed by atoms with Gasteiger partial charge in [0.05, 0.1) is 6.54 Å². The summed E-state index contributed by atoms with van der Waals surface area (Å²) in [5.41, 5.74) is 1.43. The maximum absolute atomic E-state index is 13.3. The lowest BCUT2D eigenvalue weighted by Gasteiger charge is -2.26. The molecule has 1 aliphatic rings. The molecule has 1 aromatic carbocycles. The molecule has 0 bridgehead atoms. The lowest BCUT2D eigenvalue weighted by molar-refractivity contribution is 0.139. The zero-order valence-electron chi connectivity index (χ0n) is 7.53. The van der Waals surface area contributed by atoms with Crippen molar-refractivity contribution >= 4 is 6.09 Å². The molecule has 1 aliphatic heterocycles. The molecule has 4 heteroatoms.